The standard InChI is InChI=1S/C66H87N3O8S2/c1-4-42-29-48-32-59(74)61(77-62-33-49(30-51-15-10-26-68-51)53-23-27-69-65(67)57(53)40-79-78-39-50(38-71)64(62)76)35-55(48)56-34-60(75)63-46(31-54(42)56)22-24-66(25-28-70,37-52(72)20-21-58(63)73)36-47(43-11-6-5-7-12-43)19-18-45-14-9-8-13-44(45)17-16-41(2)3/h5-15,23,26,31-32,35,41-42,46-47,49-50,52,56,58,60,62-64,68-76H,4,16-21,25,27-30,33-34,36-40,67H2,1-3H3. The normalized spacial score (nSPS) is 29.8. The molecule has 426 valence electrons. The number of benzene rings is 3. The molecule has 13 heteroatoms. The number of phenols is 1. The third-order valence-corrected chi connectivity index (χ3v) is 20.6. The highest BCUT2D eigenvalue weighted by molar-refractivity contribution is 8.76. The molecule has 11 nitrogen and oxygen atoms in total. The quantitative estimate of drug-likeness (QED) is 0.0273. The van der Waals surface area contributed by atoms with Crippen LogP contribution in [0.1, 0.15) is 130 Å². The van der Waals surface area contributed by atoms with Crippen LogP contribution >= 0.6 is 21.6 Å². The first-order chi connectivity index (χ1) is 38.3. The second kappa shape index (κ2) is 27.4. The number of ether oxygens (including phenoxy) is 1. The van der Waals surface area contributed by atoms with Crippen LogP contribution in [-0.4, -0.2) is 103 Å². The number of H-pyrrole nitrogens is 1. The molecule has 0 bridgehead atoms. The van der Waals surface area contributed by atoms with Crippen molar-refractivity contribution in [3.05, 3.63) is 153 Å². The molecule has 0 amide bonds. The van der Waals surface area contributed by atoms with Gasteiger partial charge in [0.15, 0.2) is 11.5 Å². The van der Waals surface area contributed by atoms with Crippen LogP contribution in [0.2, 0.25) is 0 Å². The van der Waals surface area contributed by atoms with Crippen molar-refractivity contribution in [1.29, 1.82) is 0 Å². The third kappa shape index (κ3) is 14.4. The average Bonchev–Trinajstić information content (AvgIpc) is 3.94. The minimum absolute atomic E-state index is 0.0348. The first kappa shape index (κ1) is 59.0. The largest absolute Gasteiger partial charge is 0.504 e. The molecule has 1 aromatic heterocycles. The average molecular weight is 1110 g/mol. The molecular formula is C66H87N3O8S2. The molecule has 3 aromatic carbocycles. The number of hydrogen-bond acceptors (Lipinski definition) is 12. The fourth-order valence-electron chi connectivity index (χ4n) is 13.8. The van der Waals surface area contributed by atoms with Gasteiger partial charge >= 0.3 is 0 Å². The van der Waals surface area contributed by atoms with Gasteiger partial charge in [-0.05, 0) is 171 Å². The van der Waals surface area contributed by atoms with Crippen LogP contribution in [0, 0.1) is 52.8 Å². The number of aromatic amines is 1. The van der Waals surface area contributed by atoms with E-state index in [1.807, 2.05) is 24.4 Å². The molecule has 2 aliphatic heterocycles. The molecule has 3 aliphatic carbocycles. The summed E-state index contributed by atoms with van der Waals surface area (Å²) >= 11 is 0. The Morgan fingerprint density at radius 2 is 1.66 bits per heavy atom. The van der Waals surface area contributed by atoms with Gasteiger partial charge < -0.3 is 56.5 Å². The molecule has 1 fully saturated rings. The molecule has 4 aromatic rings. The van der Waals surface area contributed by atoms with Crippen molar-refractivity contribution in [3.63, 3.8) is 0 Å². The van der Waals surface area contributed by atoms with E-state index < -0.39 is 53.7 Å². The monoisotopic (exact) mass is 1110 g/mol. The van der Waals surface area contributed by atoms with Crippen molar-refractivity contribution in [3.8, 4) is 23.3 Å². The zero-order chi connectivity index (χ0) is 55.6. The SMILES string of the molecule is CCC1Cc2cc(O)c(OC3CC(Cc4ccc[nH]4)C4=CCNC(N)=C4CSSCC(CO)C3O)cc2C2CC(O)C3C(C#CC(CCO)(CC(CCc4ccccc4CCC(C)C)c4ccccc4)CC(O)CCC3O)C=C12. The fourth-order valence-corrected chi connectivity index (χ4v) is 16.3. The summed E-state index contributed by atoms with van der Waals surface area (Å²) in [6.07, 6.45) is 10.4. The smallest absolute Gasteiger partial charge is 0.161 e. The van der Waals surface area contributed by atoms with Gasteiger partial charge in [-0.15, -0.1) is 0 Å². The van der Waals surface area contributed by atoms with Crippen LogP contribution in [0.3, 0.4) is 0 Å². The molecule has 5 aliphatic rings. The lowest BCUT2D eigenvalue weighted by atomic mass is 9.69. The third-order valence-electron chi connectivity index (χ3n) is 18.2. The van der Waals surface area contributed by atoms with Gasteiger partial charge in [-0.3, -0.25) is 0 Å². The molecule has 13 atom stereocenters. The van der Waals surface area contributed by atoms with Crippen LogP contribution in [-0.2, 0) is 25.7 Å². The maximum atomic E-state index is 12.6. The van der Waals surface area contributed by atoms with Crippen molar-refractivity contribution in [2.75, 3.05) is 31.3 Å². The van der Waals surface area contributed by atoms with Crippen LogP contribution in [0.4, 0.5) is 0 Å². The molecule has 3 heterocycles. The molecule has 0 spiro atoms. The highest BCUT2D eigenvalue weighted by atomic mass is 33.1. The van der Waals surface area contributed by atoms with Crippen LogP contribution in [0.25, 0.3) is 0 Å². The Morgan fingerprint density at radius 1 is 0.886 bits per heavy atom. The lowest BCUT2D eigenvalue weighted by Crippen LogP contribution is -2.42. The lowest BCUT2D eigenvalue weighted by Gasteiger charge is -2.37. The Morgan fingerprint density at radius 3 is 2.38 bits per heavy atom. The Hall–Kier alpha value is -4.62. The van der Waals surface area contributed by atoms with Gasteiger partial charge in [-0.1, -0.05) is 127 Å². The van der Waals surface area contributed by atoms with Gasteiger partial charge in [0, 0.05) is 77.8 Å². The zero-order valence-corrected chi connectivity index (χ0v) is 48.2. The van der Waals surface area contributed by atoms with E-state index in [9.17, 15) is 35.7 Å². The second-order valence-electron chi connectivity index (χ2n) is 23.9. The number of rotatable bonds is 17. The zero-order valence-electron chi connectivity index (χ0n) is 46.6. The predicted octanol–water partition coefficient (Wildman–Crippen LogP) is 10.0. The molecule has 1 saturated heterocycles. The minimum atomic E-state index is -1.08. The summed E-state index contributed by atoms with van der Waals surface area (Å²) < 4.78 is 6.96. The van der Waals surface area contributed by atoms with Gasteiger partial charge in [0.05, 0.1) is 24.4 Å². The first-order valence-corrected chi connectivity index (χ1v) is 31.9. The molecule has 0 radical (unpaired) electrons. The molecule has 9 rings (SSSR count). The van der Waals surface area contributed by atoms with Crippen molar-refractivity contribution in [2.24, 2.45) is 46.7 Å². The van der Waals surface area contributed by atoms with E-state index in [0.717, 1.165) is 65.6 Å². The molecular weight excluding hydrogens is 1030 g/mol. The molecule has 79 heavy (non-hydrogen) atoms. The molecule has 0 saturated carbocycles. The summed E-state index contributed by atoms with van der Waals surface area (Å²) in [7, 11) is 3.24. The topological polar surface area (TPSA) is 205 Å². The number of nitrogens with one attached hydrogen (secondary N) is 2. The van der Waals surface area contributed by atoms with E-state index in [2.05, 4.69) is 110 Å². The number of hydrogen-bond donors (Lipinski definition) is 10. The van der Waals surface area contributed by atoms with Gasteiger partial charge in [0.25, 0.3) is 0 Å². The summed E-state index contributed by atoms with van der Waals surface area (Å²) in [5.41, 5.74) is 16.0. The van der Waals surface area contributed by atoms with Crippen molar-refractivity contribution < 1.29 is 40.5 Å². The highest BCUT2D eigenvalue weighted by Crippen LogP contribution is 2.52. The number of fused-ring (bicyclic) bond motifs is 5. The van der Waals surface area contributed by atoms with Crippen molar-refractivity contribution in [2.45, 2.75) is 153 Å². The maximum Gasteiger partial charge on any atom is 0.161 e. The number of dihydropyridines is 1. The van der Waals surface area contributed by atoms with E-state index in [-0.39, 0.29) is 54.8 Å². The van der Waals surface area contributed by atoms with E-state index in [1.165, 1.54) is 16.7 Å². The van der Waals surface area contributed by atoms with E-state index in [0.29, 0.717) is 81.2 Å². The lowest BCUT2D eigenvalue weighted by molar-refractivity contribution is -0.0215. The van der Waals surface area contributed by atoms with Crippen LogP contribution < -0.4 is 15.8 Å². The number of nitrogens with two attached hydrogens (primary N) is 1. The fraction of sp³-hybridized carbons (Fsp3) is 0.545. The van der Waals surface area contributed by atoms with Gasteiger partial charge in [-0.25, -0.2) is 0 Å². The number of aliphatic hydroxyl groups excluding tert-OH is 6. The summed E-state index contributed by atoms with van der Waals surface area (Å²) in [5, 5.41) is 86.0. The van der Waals surface area contributed by atoms with E-state index >= 15 is 0 Å². The Balaban J connectivity index is 1.07. The Kier molecular flexibility index (Phi) is 20.5. The van der Waals surface area contributed by atoms with Gasteiger partial charge in [0.1, 0.15) is 11.9 Å². The Labute approximate surface area is 477 Å². The van der Waals surface area contributed by atoms with Gasteiger partial charge in [0.2, 0.25) is 0 Å². The van der Waals surface area contributed by atoms with E-state index in [1.54, 1.807) is 27.7 Å². The number of phenolic OH excluding ortho intramolecular Hbond substituents is 1. The number of allylic oxidation sites excluding steroid dienone is 3. The minimum Gasteiger partial charge on any atom is -0.504 e. The second-order valence-corrected chi connectivity index (χ2v) is 26.4. The van der Waals surface area contributed by atoms with Crippen LogP contribution in [0.15, 0.2) is 120 Å². The predicted molar refractivity (Wildman–Crippen MR) is 319 cm³/mol. The maximum absolute atomic E-state index is 12.6. The summed E-state index contributed by atoms with van der Waals surface area (Å²) in [6.45, 7) is 6.95. The van der Waals surface area contributed by atoms with Crippen LogP contribution in [0.5, 0.6) is 11.5 Å². The van der Waals surface area contributed by atoms with Crippen molar-refractivity contribution in [1.82, 2.24) is 10.3 Å². The van der Waals surface area contributed by atoms with E-state index in [4.69, 9.17) is 10.5 Å². The summed E-state index contributed by atoms with van der Waals surface area (Å²) in [4.78, 5) is 3.37. The van der Waals surface area contributed by atoms with Gasteiger partial charge in [-0.2, -0.15) is 0 Å². The summed E-state index contributed by atoms with van der Waals surface area (Å²) in [6, 6.07) is 27.1. The summed E-state index contributed by atoms with van der Waals surface area (Å²) in [5.74, 6) is 8.11. The number of aromatic nitrogens is 1. The molecule has 11 N–H and O–H groups in total. The number of aryl methyl sites for hydroxylation is 2. The highest BCUT2D eigenvalue weighted by Gasteiger charge is 2.44. The number of aliphatic hydroxyl groups is 6. The Bertz CT molecular complexity index is 2790. The first-order valence-electron chi connectivity index (χ1n) is 29.4. The van der Waals surface area contributed by atoms with Crippen molar-refractivity contribution >= 4 is 21.6 Å². The molecule has 13 unspecified atom stereocenters. The number of aromatic hydroxyl groups is 1.